The molecule has 5 nitrogen and oxygen atoms in total. The Morgan fingerprint density at radius 2 is 1.91 bits per heavy atom. The second-order valence-corrected chi connectivity index (χ2v) is 5.79. The van der Waals surface area contributed by atoms with Crippen LogP contribution in [-0.4, -0.2) is 30.9 Å². The molecule has 22 heavy (non-hydrogen) atoms. The van der Waals surface area contributed by atoms with E-state index in [0.717, 1.165) is 17.7 Å². The highest BCUT2D eigenvalue weighted by Gasteiger charge is 2.18. The number of urea groups is 1. The van der Waals surface area contributed by atoms with E-state index in [1.165, 1.54) is 0 Å². The van der Waals surface area contributed by atoms with E-state index in [1.54, 1.807) is 7.11 Å². The highest BCUT2D eigenvalue weighted by molar-refractivity contribution is 5.74. The lowest BCUT2D eigenvalue weighted by Crippen LogP contribution is -2.42. The molecule has 1 aromatic rings. The number of hydrogen-bond acceptors (Lipinski definition) is 3. The molecule has 0 bridgehead atoms. The third kappa shape index (κ3) is 5.93. The van der Waals surface area contributed by atoms with Crippen LogP contribution < -0.4 is 15.4 Å². The van der Waals surface area contributed by atoms with Crippen LogP contribution in [0.5, 0.6) is 5.75 Å². The molecule has 0 aliphatic heterocycles. The largest absolute Gasteiger partial charge is 0.497 e. The molecule has 1 rings (SSSR count). The third-order valence-electron chi connectivity index (χ3n) is 3.55. The third-order valence-corrected chi connectivity index (χ3v) is 3.55. The maximum absolute atomic E-state index is 12.0. The van der Waals surface area contributed by atoms with Crippen molar-refractivity contribution in [2.75, 3.05) is 13.7 Å². The summed E-state index contributed by atoms with van der Waals surface area (Å²) in [5.41, 5.74) is 1.03. The molecular weight excluding hydrogens is 280 g/mol. The number of aliphatic hydroxyl groups is 1. The molecule has 2 atom stereocenters. The Morgan fingerprint density at radius 1 is 1.27 bits per heavy atom. The molecule has 0 aromatic heterocycles. The van der Waals surface area contributed by atoms with E-state index in [1.807, 2.05) is 31.2 Å². The standard InChI is InChI=1S/C17H28N2O3/c1-5-6-14(20)11-18-17(21)19-16(12(2)3)13-7-9-15(22-4)10-8-13/h7-10,12,14,16,20H,5-6,11H2,1-4H3,(H2,18,19,21). The summed E-state index contributed by atoms with van der Waals surface area (Å²) >= 11 is 0. The van der Waals surface area contributed by atoms with Gasteiger partial charge in [-0.05, 0) is 30.0 Å². The van der Waals surface area contributed by atoms with Gasteiger partial charge < -0.3 is 20.5 Å². The minimum absolute atomic E-state index is 0.0887. The van der Waals surface area contributed by atoms with E-state index in [2.05, 4.69) is 24.5 Å². The van der Waals surface area contributed by atoms with Gasteiger partial charge in [-0.15, -0.1) is 0 Å². The van der Waals surface area contributed by atoms with Gasteiger partial charge >= 0.3 is 6.03 Å². The van der Waals surface area contributed by atoms with Crippen molar-refractivity contribution < 1.29 is 14.6 Å². The second kappa shape index (κ2) is 9.30. The van der Waals surface area contributed by atoms with Crippen LogP contribution in [0.1, 0.15) is 45.2 Å². The maximum Gasteiger partial charge on any atom is 0.315 e. The minimum atomic E-state index is -0.491. The summed E-state index contributed by atoms with van der Waals surface area (Å²) in [6, 6.07) is 7.33. The maximum atomic E-state index is 12.0. The lowest BCUT2D eigenvalue weighted by molar-refractivity contribution is 0.159. The first kappa shape index (κ1) is 18.3. The molecule has 0 spiro atoms. The molecule has 0 aliphatic rings. The van der Waals surface area contributed by atoms with Crippen molar-refractivity contribution in [3.8, 4) is 5.75 Å². The van der Waals surface area contributed by atoms with Gasteiger partial charge in [-0.3, -0.25) is 0 Å². The number of nitrogens with one attached hydrogen (secondary N) is 2. The number of rotatable bonds is 8. The average Bonchev–Trinajstić information content (AvgIpc) is 2.51. The van der Waals surface area contributed by atoms with Crippen LogP contribution in [0.25, 0.3) is 0 Å². The number of ether oxygens (including phenoxy) is 1. The fourth-order valence-electron chi connectivity index (χ4n) is 2.28. The van der Waals surface area contributed by atoms with Gasteiger partial charge in [0.2, 0.25) is 0 Å². The van der Waals surface area contributed by atoms with E-state index in [-0.39, 0.29) is 24.5 Å². The SMILES string of the molecule is CCCC(O)CNC(=O)NC(c1ccc(OC)cc1)C(C)C. The van der Waals surface area contributed by atoms with Gasteiger partial charge in [0.25, 0.3) is 0 Å². The van der Waals surface area contributed by atoms with Crippen LogP contribution >= 0.6 is 0 Å². The van der Waals surface area contributed by atoms with Crippen molar-refractivity contribution in [3.63, 3.8) is 0 Å². The summed E-state index contributed by atoms with van der Waals surface area (Å²) in [6.07, 6.45) is 1.09. The van der Waals surface area contributed by atoms with Crippen LogP contribution in [0.3, 0.4) is 0 Å². The number of hydrogen-bond donors (Lipinski definition) is 3. The Balaban J connectivity index is 2.61. The normalized spacial score (nSPS) is 13.5. The van der Waals surface area contributed by atoms with Gasteiger partial charge in [-0.1, -0.05) is 39.3 Å². The topological polar surface area (TPSA) is 70.6 Å². The van der Waals surface area contributed by atoms with Crippen LogP contribution in [0.2, 0.25) is 0 Å². The van der Waals surface area contributed by atoms with Crippen molar-refractivity contribution >= 4 is 6.03 Å². The van der Waals surface area contributed by atoms with E-state index in [0.29, 0.717) is 6.42 Å². The predicted molar refractivity (Wildman–Crippen MR) is 88.0 cm³/mol. The molecule has 0 saturated heterocycles. The summed E-state index contributed by atoms with van der Waals surface area (Å²) < 4.78 is 5.15. The molecule has 0 aliphatic carbocycles. The monoisotopic (exact) mass is 308 g/mol. The van der Waals surface area contributed by atoms with Crippen LogP contribution in [0.15, 0.2) is 24.3 Å². The highest BCUT2D eigenvalue weighted by atomic mass is 16.5. The lowest BCUT2D eigenvalue weighted by Gasteiger charge is -2.23. The van der Waals surface area contributed by atoms with Crippen LogP contribution in [0.4, 0.5) is 4.79 Å². The smallest absolute Gasteiger partial charge is 0.315 e. The Bertz CT molecular complexity index is 446. The quantitative estimate of drug-likeness (QED) is 0.691. The Labute approximate surface area is 133 Å². The number of amides is 2. The van der Waals surface area contributed by atoms with E-state index >= 15 is 0 Å². The summed E-state index contributed by atoms with van der Waals surface area (Å²) in [5, 5.41) is 15.3. The fraction of sp³-hybridized carbons (Fsp3) is 0.588. The summed E-state index contributed by atoms with van der Waals surface area (Å²) in [7, 11) is 1.63. The summed E-state index contributed by atoms with van der Waals surface area (Å²) in [4.78, 5) is 12.0. The first-order valence-electron chi connectivity index (χ1n) is 7.84. The molecule has 0 fully saturated rings. The first-order chi connectivity index (χ1) is 10.5. The Morgan fingerprint density at radius 3 is 2.41 bits per heavy atom. The van der Waals surface area contributed by atoms with Gasteiger partial charge in [0.15, 0.2) is 0 Å². The summed E-state index contributed by atoms with van der Waals surface area (Å²) in [5.74, 6) is 1.04. The molecule has 5 heteroatoms. The molecular formula is C17H28N2O3. The van der Waals surface area contributed by atoms with E-state index in [9.17, 15) is 9.90 Å². The van der Waals surface area contributed by atoms with Crippen molar-refractivity contribution in [3.05, 3.63) is 29.8 Å². The van der Waals surface area contributed by atoms with Gasteiger partial charge in [-0.2, -0.15) is 0 Å². The van der Waals surface area contributed by atoms with Gasteiger partial charge in [0.1, 0.15) is 5.75 Å². The Hall–Kier alpha value is -1.75. The molecule has 2 unspecified atom stereocenters. The first-order valence-corrected chi connectivity index (χ1v) is 7.84. The molecule has 1 aromatic carbocycles. The number of carbonyl (C=O) groups is 1. The fourth-order valence-corrected chi connectivity index (χ4v) is 2.28. The molecule has 2 amide bonds. The highest BCUT2D eigenvalue weighted by Crippen LogP contribution is 2.23. The lowest BCUT2D eigenvalue weighted by atomic mass is 9.96. The van der Waals surface area contributed by atoms with Crippen molar-refractivity contribution in [1.82, 2.24) is 10.6 Å². The number of methoxy groups -OCH3 is 1. The number of benzene rings is 1. The van der Waals surface area contributed by atoms with Gasteiger partial charge in [0, 0.05) is 6.54 Å². The summed E-state index contributed by atoms with van der Waals surface area (Å²) in [6.45, 7) is 6.39. The van der Waals surface area contributed by atoms with Crippen LogP contribution in [-0.2, 0) is 0 Å². The molecule has 0 heterocycles. The van der Waals surface area contributed by atoms with Crippen LogP contribution in [0, 0.1) is 5.92 Å². The zero-order valence-electron chi connectivity index (χ0n) is 13.9. The van der Waals surface area contributed by atoms with Gasteiger partial charge in [0.05, 0.1) is 19.3 Å². The number of aliphatic hydroxyl groups excluding tert-OH is 1. The zero-order chi connectivity index (χ0) is 16.5. The van der Waals surface area contributed by atoms with Crippen molar-refractivity contribution in [2.45, 2.75) is 45.8 Å². The predicted octanol–water partition coefficient (Wildman–Crippen LogP) is 2.85. The molecule has 3 N–H and O–H groups in total. The van der Waals surface area contributed by atoms with E-state index < -0.39 is 6.10 Å². The second-order valence-electron chi connectivity index (χ2n) is 5.79. The molecule has 0 radical (unpaired) electrons. The Kier molecular flexibility index (Phi) is 7.74. The van der Waals surface area contributed by atoms with E-state index in [4.69, 9.17) is 4.74 Å². The van der Waals surface area contributed by atoms with Crippen molar-refractivity contribution in [2.24, 2.45) is 5.92 Å². The average molecular weight is 308 g/mol. The zero-order valence-corrected chi connectivity index (χ0v) is 13.9. The van der Waals surface area contributed by atoms with Crippen molar-refractivity contribution in [1.29, 1.82) is 0 Å². The minimum Gasteiger partial charge on any atom is -0.497 e. The van der Waals surface area contributed by atoms with Gasteiger partial charge in [-0.25, -0.2) is 4.79 Å². The number of carbonyl (C=O) groups excluding carboxylic acids is 1. The molecule has 0 saturated carbocycles. The molecule has 124 valence electrons.